The van der Waals surface area contributed by atoms with Crippen LogP contribution in [0.4, 0.5) is 0 Å². The lowest BCUT2D eigenvalue weighted by Crippen LogP contribution is -2.29. The van der Waals surface area contributed by atoms with Crippen LogP contribution >= 0.6 is 0 Å². The first-order chi connectivity index (χ1) is 17.8. The van der Waals surface area contributed by atoms with Gasteiger partial charge in [-0.2, -0.15) is 0 Å². The second kappa shape index (κ2) is 27.4. The zero-order valence-electron chi connectivity index (χ0n) is 25.0. The smallest absolute Gasteiger partial charge is 0.306 e. The molecule has 0 saturated carbocycles. The predicted molar refractivity (Wildman–Crippen MR) is 160 cm³/mol. The van der Waals surface area contributed by atoms with Gasteiger partial charge in [0.05, 0.1) is 13.2 Å². The Labute approximate surface area is 236 Å². The quantitative estimate of drug-likeness (QED) is 0.0874. The van der Waals surface area contributed by atoms with Gasteiger partial charge in [-0.15, -0.1) is 0 Å². The lowest BCUT2D eigenvalue weighted by Gasteiger charge is -2.21. The van der Waals surface area contributed by atoms with Gasteiger partial charge in [0, 0.05) is 19.4 Å². The minimum Gasteiger partial charge on any atom is -0.466 e. The molecule has 0 saturated heterocycles. The molecule has 0 aliphatic carbocycles. The minimum atomic E-state index is -0.395. The van der Waals surface area contributed by atoms with Gasteiger partial charge >= 0.3 is 11.9 Å². The maximum atomic E-state index is 11.9. The van der Waals surface area contributed by atoms with E-state index in [0.717, 1.165) is 83.8 Å². The van der Waals surface area contributed by atoms with Crippen LogP contribution in [-0.4, -0.2) is 60.4 Å². The van der Waals surface area contributed by atoms with E-state index in [1.54, 1.807) is 0 Å². The predicted octanol–water partition coefficient (Wildman–Crippen LogP) is 8.23. The number of hydrogen-bond donors (Lipinski definition) is 1. The van der Waals surface area contributed by atoms with Crippen molar-refractivity contribution in [2.24, 2.45) is 0 Å². The first-order valence-electron chi connectivity index (χ1n) is 15.5. The number of aliphatic hydroxyl groups excluding tert-OH is 1. The Morgan fingerprint density at radius 2 is 1.08 bits per heavy atom. The number of unbranched alkanes of at least 4 members (excludes halogenated alkanes) is 14. The molecule has 0 heterocycles. The highest BCUT2D eigenvalue weighted by Crippen LogP contribution is 2.13. The molecule has 38 heavy (non-hydrogen) atoms. The molecule has 1 N–H and O–H groups in total. The first-order valence-corrected chi connectivity index (χ1v) is 15.5. The molecule has 0 rings (SSSR count). The topological polar surface area (TPSA) is 76.1 Å². The van der Waals surface area contributed by atoms with Crippen LogP contribution in [-0.2, 0) is 19.1 Å². The summed E-state index contributed by atoms with van der Waals surface area (Å²) in [7, 11) is 0. The maximum Gasteiger partial charge on any atom is 0.306 e. The number of rotatable bonds is 26. The van der Waals surface area contributed by atoms with Crippen LogP contribution in [0.15, 0.2) is 0 Å². The van der Waals surface area contributed by atoms with Crippen molar-refractivity contribution in [3.63, 3.8) is 0 Å². The summed E-state index contributed by atoms with van der Waals surface area (Å²) in [4.78, 5) is 26.0. The van der Waals surface area contributed by atoms with Crippen LogP contribution in [0.2, 0.25) is 0 Å². The third-order valence-electron chi connectivity index (χ3n) is 6.56. The van der Waals surface area contributed by atoms with Crippen molar-refractivity contribution in [2.75, 3.05) is 32.8 Å². The van der Waals surface area contributed by atoms with Crippen molar-refractivity contribution < 1.29 is 24.2 Å². The van der Waals surface area contributed by atoms with E-state index in [0.29, 0.717) is 19.4 Å². The van der Waals surface area contributed by atoms with E-state index in [1.807, 2.05) is 20.8 Å². The summed E-state index contributed by atoms with van der Waals surface area (Å²) in [6.45, 7) is 11.5. The fourth-order valence-corrected chi connectivity index (χ4v) is 4.46. The van der Waals surface area contributed by atoms with E-state index in [-0.39, 0.29) is 26.0 Å². The van der Waals surface area contributed by atoms with E-state index in [9.17, 15) is 14.7 Å². The highest BCUT2D eigenvalue weighted by Gasteiger charge is 2.15. The Hall–Kier alpha value is -1.14. The third kappa shape index (κ3) is 29.4. The molecule has 0 unspecified atom stereocenters. The van der Waals surface area contributed by atoms with Crippen molar-refractivity contribution in [3.8, 4) is 0 Å². The van der Waals surface area contributed by atoms with Crippen LogP contribution in [0.5, 0.6) is 0 Å². The highest BCUT2D eigenvalue weighted by atomic mass is 16.6. The second-order valence-electron chi connectivity index (χ2n) is 11.5. The van der Waals surface area contributed by atoms with Gasteiger partial charge in [-0.1, -0.05) is 91.4 Å². The average Bonchev–Trinajstić information content (AvgIpc) is 2.83. The largest absolute Gasteiger partial charge is 0.466 e. The number of carbonyl (C=O) groups is 2. The normalized spacial score (nSPS) is 11.4. The molecule has 0 amide bonds. The van der Waals surface area contributed by atoms with Gasteiger partial charge in [-0.25, -0.2) is 0 Å². The Kier molecular flexibility index (Phi) is 28.2. The van der Waals surface area contributed by atoms with Crippen molar-refractivity contribution in [1.82, 2.24) is 4.90 Å². The molecule has 228 valence electrons. The Balaban J connectivity index is 0. The van der Waals surface area contributed by atoms with Gasteiger partial charge < -0.3 is 19.5 Å². The SMILES string of the molecule is C.CCCCCCCCCOC(=O)CCCCCCCN(CCO)CCCCCCCC(=O)OC(C)(C)C. The average molecular weight is 544 g/mol. The lowest BCUT2D eigenvalue weighted by molar-refractivity contribution is -0.155. The molecule has 0 aromatic heterocycles. The lowest BCUT2D eigenvalue weighted by atomic mass is 10.1. The van der Waals surface area contributed by atoms with Crippen molar-refractivity contribution in [3.05, 3.63) is 0 Å². The van der Waals surface area contributed by atoms with Crippen molar-refractivity contribution >= 4 is 11.9 Å². The van der Waals surface area contributed by atoms with Gasteiger partial charge in [0.15, 0.2) is 0 Å². The summed E-state index contributed by atoms with van der Waals surface area (Å²) in [5, 5.41) is 9.37. The zero-order valence-corrected chi connectivity index (χ0v) is 25.0. The number of esters is 2. The molecule has 0 aliphatic rings. The first kappa shape index (κ1) is 39.0. The van der Waals surface area contributed by atoms with Crippen molar-refractivity contribution in [1.29, 1.82) is 0 Å². The summed E-state index contributed by atoms with van der Waals surface area (Å²) in [5.41, 5.74) is -0.395. The molecule has 0 radical (unpaired) electrons. The van der Waals surface area contributed by atoms with Gasteiger partial charge in [0.2, 0.25) is 0 Å². The molecule has 0 bridgehead atoms. The zero-order chi connectivity index (χ0) is 27.6. The Bertz CT molecular complexity index is 532. The van der Waals surface area contributed by atoms with Gasteiger partial charge in [-0.3, -0.25) is 9.59 Å². The number of carbonyl (C=O) groups excluding carboxylic acids is 2. The fraction of sp³-hybridized carbons (Fsp3) is 0.938. The van der Waals surface area contributed by atoms with Crippen molar-refractivity contribution in [2.45, 2.75) is 163 Å². The summed E-state index contributed by atoms with van der Waals surface area (Å²) >= 11 is 0. The summed E-state index contributed by atoms with van der Waals surface area (Å²) < 4.78 is 10.7. The summed E-state index contributed by atoms with van der Waals surface area (Å²) in [5.74, 6) is -0.134. The highest BCUT2D eigenvalue weighted by molar-refractivity contribution is 5.69. The summed E-state index contributed by atoms with van der Waals surface area (Å²) in [6, 6.07) is 0. The molecule has 0 aromatic carbocycles. The monoisotopic (exact) mass is 543 g/mol. The van der Waals surface area contributed by atoms with Crippen LogP contribution in [0.3, 0.4) is 0 Å². The standard InChI is InChI=1S/C31H61NO5.CH4/c1-5-6-7-8-9-16-21-28-36-29(34)22-17-12-10-14-19-24-32(26-27-33)25-20-15-11-13-18-23-30(35)37-31(2,3)4;/h33H,5-28H2,1-4H3;1H4. The van der Waals surface area contributed by atoms with Crippen LogP contribution in [0.1, 0.15) is 157 Å². The van der Waals surface area contributed by atoms with E-state index in [2.05, 4.69) is 11.8 Å². The van der Waals surface area contributed by atoms with Gasteiger partial charge in [-0.05, 0) is 66.0 Å². The molecule has 0 fully saturated rings. The Morgan fingerprint density at radius 1 is 0.632 bits per heavy atom. The Morgan fingerprint density at radius 3 is 1.58 bits per heavy atom. The van der Waals surface area contributed by atoms with E-state index in [1.165, 1.54) is 44.9 Å². The number of nitrogens with zero attached hydrogens (tertiary/aromatic N) is 1. The fourth-order valence-electron chi connectivity index (χ4n) is 4.46. The molecule has 0 spiro atoms. The maximum absolute atomic E-state index is 11.9. The summed E-state index contributed by atoms with van der Waals surface area (Å²) in [6.07, 6.45) is 20.6. The van der Waals surface area contributed by atoms with E-state index < -0.39 is 5.60 Å². The molecule has 0 atom stereocenters. The van der Waals surface area contributed by atoms with Crippen LogP contribution in [0.25, 0.3) is 0 Å². The van der Waals surface area contributed by atoms with Gasteiger partial charge in [0.25, 0.3) is 0 Å². The minimum absolute atomic E-state index is 0. The van der Waals surface area contributed by atoms with Crippen LogP contribution < -0.4 is 0 Å². The molecule has 6 heteroatoms. The second-order valence-corrected chi connectivity index (χ2v) is 11.5. The number of ether oxygens (including phenoxy) is 2. The molecule has 0 aliphatic heterocycles. The molecular formula is C32H65NO5. The molecular weight excluding hydrogens is 478 g/mol. The third-order valence-corrected chi connectivity index (χ3v) is 6.56. The molecule has 0 aromatic rings. The van der Waals surface area contributed by atoms with Crippen LogP contribution in [0, 0.1) is 0 Å². The number of aliphatic hydroxyl groups is 1. The van der Waals surface area contributed by atoms with E-state index in [4.69, 9.17) is 9.47 Å². The number of hydrogen-bond acceptors (Lipinski definition) is 6. The van der Waals surface area contributed by atoms with E-state index >= 15 is 0 Å². The van der Waals surface area contributed by atoms with Gasteiger partial charge in [0.1, 0.15) is 5.60 Å². The molecule has 6 nitrogen and oxygen atoms in total.